The molecule has 3 atom stereocenters. The minimum Gasteiger partial charge on any atom is -0.444 e. The highest BCUT2D eigenvalue weighted by molar-refractivity contribution is 7.98. The van der Waals surface area contributed by atoms with Gasteiger partial charge in [0.25, 0.3) is 0 Å². The van der Waals surface area contributed by atoms with Crippen molar-refractivity contribution in [1.82, 2.24) is 10.6 Å². The Labute approximate surface area is 144 Å². The number of thioether (sulfide) groups is 1. The van der Waals surface area contributed by atoms with Gasteiger partial charge in [0.1, 0.15) is 11.6 Å². The van der Waals surface area contributed by atoms with Crippen molar-refractivity contribution in [2.45, 2.75) is 77.5 Å². The predicted octanol–water partition coefficient (Wildman–Crippen LogP) is 3.33. The predicted molar refractivity (Wildman–Crippen MR) is 95.7 cm³/mol. The second-order valence-corrected chi connectivity index (χ2v) is 8.34. The first kappa shape index (κ1) is 20.1. The van der Waals surface area contributed by atoms with Gasteiger partial charge in [0.05, 0.1) is 0 Å². The minimum absolute atomic E-state index is 0.0938. The van der Waals surface area contributed by atoms with Crippen molar-refractivity contribution in [3.63, 3.8) is 0 Å². The number of hydrogen-bond acceptors (Lipinski definition) is 4. The average Bonchev–Trinajstić information content (AvgIpc) is 2.43. The first-order chi connectivity index (χ1) is 10.7. The lowest BCUT2D eigenvalue weighted by Crippen LogP contribution is -2.52. The lowest BCUT2D eigenvalue weighted by Gasteiger charge is -2.31. The van der Waals surface area contributed by atoms with Crippen LogP contribution in [0.4, 0.5) is 4.79 Å². The summed E-state index contributed by atoms with van der Waals surface area (Å²) in [5.74, 6) is 1.22. The highest BCUT2D eigenvalue weighted by Crippen LogP contribution is 2.23. The van der Waals surface area contributed by atoms with E-state index in [-0.39, 0.29) is 11.9 Å². The molecular weight excluding hydrogens is 312 g/mol. The van der Waals surface area contributed by atoms with Crippen LogP contribution in [0.2, 0.25) is 0 Å². The van der Waals surface area contributed by atoms with E-state index >= 15 is 0 Å². The summed E-state index contributed by atoms with van der Waals surface area (Å²) in [6.45, 7) is 7.62. The van der Waals surface area contributed by atoms with Crippen molar-refractivity contribution in [1.29, 1.82) is 0 Å². The van der Waals surface area contributed by atoms with Crippen LogP contribution in [0.5, 0.6) is 0 Å². The van der Waals surface area contributed by atoms with E-state index in [0.29, 0.717) is 12.3 Å². The van der Waals surface area contributed by atoms with Gasteiger partial charge in [0.2, 0.25) is 5.91 Å². The quantitative estimate of drug-likeness (QED) is 0.775. The Morgan fingerprint density at radius 3 is 2.48 bits per heavy atom. The zero-order valence-electron chi connectivity index (χ0n) is 15.1. The molecule has 3 unspecified atom stereocenters. The lowest BCUT2D eigenvalue weighted by atomic mass is 9.86. The van der Waals surface area contributed by atoms with Gasteiger partial charge in [0.15, 0.2) is 0 Å². The Morgan fingerprint density at radius 1 is 1.26 bits per heavy atom. The van der Waals surface area contributed by atoms with Gasteiger partial charge in [0, 0.05) is 6.04 Å². The van der Waals surface area contributed by atoms with Gasteiger partial charge in [-0.05, 0) is 58.0 Å². The number of carbonyl (C=O) groups excluding carboxylic acids is 2. The second kappa shape index (κ2) is 9.40. The van der Waals surface area contributed by atoms with Crippen molar-refractivity contribution in [2.75, 3.05) is 12.0 Å². The van der Waals surface area contributed by atoms with Crippen LogP contribution in [0.3, 0.4) is 0 Å². The summed E-state index contributed by atoms with van der Waals surface area (Å²) in [6, 6.07) is -0.320. The van der Waals surface area contributed by atoms with Gasteiger partial charge in [-0.3, -0.25) is 4.79 Å². The Hall–Kier alpha value is -0.910. The smallest absolute Gasteiger partial charge is 0.408 e. The molecule has 0 aliphatic heterocycles. The Morgan fingerprint density at radius 2 is 1.91 bits per heavy atom. The maximum Gasteiger partial charge on any atom is 0.408 e. The number of nitrogens with one attached hydrogen (secondary N) is 2. The van der Waals surface area contributed by atoms with Gasteiger partial charge in [-0.25, -0.2) is 4.79 Å². The van der Waals surface area contributed by atoms with Gasteiger partial charge >= 0.3 is 6.09 Å². The molecule has 23 heavy (non-hydrogen) atoms. The number of rotatable bonds is 6. The molecule has 0 saturated heterocycles. The van der Waals surface area contributed by atoms with Gasteiger partial charge in [-0.2, -0.15) is 11.8 Å². The van der Waals surface area contributed by atoms with Crippen LogP contribution in [-0.4, -0.2) is 41.7 Å². The molecule has 2 amide bonds. The molecular formula is C17H32N2O3S. The summed E-state index contributed by atoms with van der Waals surface area (Å²) >= 11 is 1.66. The topological polar surface area (TPSA) is 67.4 Å². The average molecular weight is 345 g/mol. The fourth-order valence-corrected chi connectivity index (χ4v) is 3.24. The molecule has 6 heteroatoms. The third-order valence-corrected chi connectivity index (χ3v) is 4.70. The van der Waals surface area contributed by atoms with Crippen molar-refractivity contribution < 1.29 is 14.3 Å². The molecule has 0 aromatic heterocycles. The SMILES string of the molecule is CSCCC(NC(=O)OC(C)(C)C)C(=O)NC1CCCCC1C. The molecule has 0 heterocycles. The van der Waals surface area contributed by atoms with E-state index in [1.165, 1.54) is 6.42 Å². The van der Waals surface area contributed by atoms with E-state index in [2.05, 4.69) is 17.6 Å². The lowest BCUT2D eigenvalue weighted by molar-refractivity contribution is -0.124. The molecule has 5 nitrogen and oxygen atoms in total. The monoisotopic (exact) mass is 344 g/mol. The maximum atomic E-state index is 12.6. The molecule has 1 aliphatic carbocycles. The molecule has 1 fully saturated rings. The van der Waals surface area contributed by atoms with Crippen LogP contribution < -0.4 is 10.6 Å². The molecule has 0 aromatic carbocycles. The van der Waals surface area contributed by atoms with Crippen molar-refractivity contribution in [3.8, 4) is 0 Å². The van der Waals surface area contributed by atoms with E-state index < -0.39 is 17.7 Å². The fourth-order valence-electron chi connectivity index (χ4n) is 2.77. The van der Waals surface area contributed by atoms with Crippen molar-refractivity contribution in [2.24, 2.45) is 5.92 Å². The molecule has 0 bridgehead atoms. The third-order valence-electron chi connectivity index (χ3n) is 4.06. The molecule has 1 saturated carbocycles. The summed E-state index contributed by atoms with van der Waals surface area (Å²) in [5.41, 5.74) is -0.567. The fraction of sp³-hybridized carbons (Fsp3) is 0.882. The number of hydrogen-bond donors (Lipinski definition) is 2. The molecule has 0 radical (unpaired) electrons. The summed E-state index contributed by atoms with van der Waals surface area (Å²) in [5, 5.41) is 5.85. The van der Waals surface area contributed by atoms with Gasteiger partial charge in [-0.1, -0.05) is 19.8 Å². The van der Waals surface area contributed by atoms with E-state index in [9.17, 15) is 9.59 Å². The molecule has 1 rings (SSSR count). The molecule has 1 aliphatic rings. The van der Waals surface area contributed by atoms with Gasteiger partial charge in [-0.15, -0.1) is 0 Å². The zero-order valence-corrected chi connectivity index (χ0v) is 15.9. The second-order valence-electron chi connectivity index (χ2n) is 7.36. The number of amides is 2. The molecule has 134 valence electrons. The maximum absolute atomic E-state index is 12.6. The van der Waals surface area contributed by atoms with E-state index in [1.807, 2.05) is 27.0 Å². The Bertz CT molecular complexity index is 396. The van der Waals surface area contributed by atoms with Crippen molar-refractivity contribution in [3.05, 3.63) is 0 Å². The first-order valence-corrected chi connectivity index (χ1v) is 9.91. The zero-order chi connectivity index (χ0) is 17.5. The van der Waals surface area contributed by atoms with Crippen molar-refractivity contribution >= 4 is 23.8 Å². The highest BCUT2D eigenvalue weighted by atomic mass is 32.2. The van der Waals surface area contributed by atoms with E-state index in [1.54, 1.807) is 11.8 Å². The number of ether oxygens (including phenoxy) is 1. The summed E-state index contributed by atoms with van der Waals surface area (Å²) < 4.78 is 5.27. The number of alkyl carbamates (subject to hydrolysis) is 1. The van der Waals surface area contributed by atoms with Crippen LogP contribution >= 0.6 is 11.8 Å². The largest absolute Gasteiger partial charge is 0.444 e. The minimum atomic E-state index is -0.567. The molecule has 0 aromatic rings. The Balaban J connectivity index is 2.60. The van der Waals surface area contributed by atoms with E-state index in [4.69, 9.17) is 4.74 Å². The third kappa shape index (κ3) is 7.95. The highest BCUT2D eigenvalue weighted by Gasteiger charge is 2.28. The summed E-state index contributed by atoms with van der Waals surface area (Å²) in [7, 11) is 0. The standard InChI is InChI=1S/C17H32N2O3S/c1-12-8-6-7-9-13(12)18-15(20)14(10-11-23-5)19-16(21)22-17(2,3)4/h12-14H,6-11H2,1-5H3,(H,18,20)(H,19,21). The number of carbonyl (C=O) groups is 2. The van der Waals surface area contributed by atoms with Crippen LogP contribution in [0, 0.1) is 5.92 Å². The summed E-state index contributed by atoms with van der Waals surface area (Å²) in [4.78, 5) is 24.5. The van der Waals surface area contributed by atoms with Crippen LogP contribution in [-0.2, 0) is 9.53 Å². The first-order valence-electron chi connectivity index (χ1n) is 8.51. The normalized spacial score (nSPS) is 23.0. The van der Waals surface area contributed by atoms with E-state index in [0.717, 1.165) is 25.0 Å². The van der Waals surface area contributed by atoms with Crippen LogP contribution in [0.1, 0.15) is 59.8 Å². The Kier molecular flexibility index (Phi) is 8.23. The summed E-state index contributed by atoms with van der Waals surface area (Å²) in [6.07, 6.45) is 6.63. The molecule has 0 spiro atoms. The van der Waals surface area contributed by atoms with Crippen LogP contribution in [0.15, 0.2) is 0 Å². The molecule has 2 N–H and O–H groups in total. The van der Waals surface area contributed by atoms with Crippen LogP contribution in [0.25, 0.3) is 0 Å². The van der Waals surface area contributed by atoms with Gasteiger partial charge < -0.3 is 15.4 Å².